The Morgan fingerprint density at radius 2 is 1.96 bits per heavy atom. The minimum absolute atomic E-state index is 0.226. The minimum Gasteiger partial charge on any atom is -0.366 e. The molecular formula is C17H16N4O2S. The van der Waals surface area contributed by atoms with Crippen LogP contribution in [0.25, 0.3) is 10.2 Å². The minimum atomic E-state index is -0.535. The fraction of sp³-hybridized carbons (Fsp3) is 0.118. The van der Waals surface area contributed by atoms with Crippen molar-refractivity contribution in [1.29, 1.82) is 0 Å². The van der Waals surface area contributed by atoms with Crippen LogP contribution in [0.15, 0.2) is 48.5 Å². The molecule has 2 amide bonds. The van der Waals surface area contributed by atoms with Crippen LogP contribution < -0.4 is 16.4 Å². The van der Waals surface area contributed by atoms with Gasteiger partial charge in [0, 0.05) is 11.3 Å². The number of hydrogen-bond acceptors (Lipinski definition) is 5. The molecule has 3 rings (SSSR count). The summed E-state index contributed by atoms with van der Waals surface area (Å²) in [4.78, 5) is 27.9. The smallest absolute Gasteiger partial charge is 0.248 e. The first-order chi connectivity index (χ1) is 11.5. The summed E-state index contributed by atoms with van der Waals surface area (Å²) in [5, 5.41) is 6.54. The number of carbonyl (C=O) groups excluding carboxylic acids is 2. The van der Waals surface area contributed by atoms with E-state index in [0.717, 1.165) is 10.2 Å². The van der Waals surface area contributed by atoms with E-state index >= 15 is 0 Å². The topological polar surface area (TPSA) is 97.1 Å². The zero-order valence-corrected chi connectivity index (χ0v) is 13.8. The molecule has 0 saturated carbocycles. The molecule has 0 aliphatic heterocycles. The molecule has 0 aliphatic carbocycles. The van der Waals surface area contributed by atoms with Gasteiger partial charge in [0.1, 0.15) is 6.04 Å². The van der Waals surface area contributed by atoms with Gasteiger partial charge in [-0.15, -0.1) is 0 Å². The summed E-state index contributed by atoms with van der Waals surface area (Å²) >= 11 is 1.49. The number of benzene rings is 2. The normalized spacial score (nSPS) is 11.9. The van der Waals surface area contributed by atoms with Crippen LogP contribution in [0.2, 0.25) is 0 Å². The highest BCUT2D eigenvalue weighted by Gasteiger charge is 2.15. The Bertz CT molecular complexity index is 873. The van der Waals surface area contributed by atoms with Gasteiger partial charge in [-0.25, -0.2) is 4.98 Å². The number of nitrogens with one attached hydrogen (secondary N) is 2. The molecule has 0 radical (unpaired) electrons. The molecule has 7 heteroatoms. The van der Waals surface area contributed by atoms with Gasteiger partial charge in [-0.2, -0.15) is 0 Å². The molecule has 6 nitrogen and oxygen atoms in total. The lowest BCUT2D eigenvalue weighted by Gasteiger charge is -2.13. The number of primary amides is 1. The fourth-order valence-corrected chi connectivity index (χ4v) is 3.14. The first-order valence-electron chi connectivity index (χ1n) is 7.36. The van der Waals surface area contributed by atoms with Gasteiger partial charge in [0.25, 0.3) is 0 Å². The van der Waals surface area contributed by atoms with Crippen LogP contribution in [0, 0.1) is 0 Å². The van der Waals surface area contributed by atoms with Crippen LogP contribution in [0.1, 0.15) is 17.3 Å². The van der Waals surface area contributed by atoms with E-state index in [1.165, 1.54) is 11.3 Å². The Hall–Kier alpha value is -2.93. The number of nitrogens with zero attached hydrogens (tertiary/aromatic N) is 1. The van der Waals surface area contributed by atoms with E-state index in [4.69, 9.17) is 5.73 Å². The first kappa shape index (κ1) is 15.9. The molecule has 122 valence electrons. The number of nitrogens with two attached hydrogens (primary N) is 1. The highest BCUT2D eigenvalue weighted by molar-refractivity contribution is 7.22. The van der Waals surface area contributed by atoms with Gasteiger partial charge in [-0.1, -0.05) is 29.5 Å². The number of rotatable bonds is 5. The SMILES string of the molecule is CC(Nc1nc2ccccc2s1)C(=O)Nc1cccc(C(N)=O)c1. The zero-order valence-electron chi connectivity index (χ0n) is 12.9. The largest absolute Gasteiger partial charge is 0.366 e. The molecule has 0 bridgehead atoms. The Morgan fingerprint density at radius 1 is 1.17 bits per heavy atom. The number of anilines is 2. The second-order valence-corrected chi connectivity index (χ2v) is 6.32. The highest BCUT2D eigenvalue weighted by Crippen LogP contribution is 2.25. The fourth-order valence-electron chi connectivity index (χ4n) is 2.19. The van der Waals surface area contributed by atoms with Crippen molar-refractivity contribution in [1.82, 2.24) is 4.98 Å². The molecule has 24 heavy (non-hydrogen) atoms. The monoisotopic (exact) mass is 340 g/mol. The van der Waals surface area contributed by atoms with Crippen molar-refractivity contribution >= 4 is 44.2 Å². The van der Waals surface area contributed by atoms with Crippen molar-refractivity contribution in [3.8, 4) is 0 Å². The summed E-state index contributed by atoms with van der Waals surface area (Å²) in [5.74, 6) is -0.761. The molecule has 0 saturated heterocycles. The lowest BCUT2D eigenvalue weighted by atomic mass is 10.2. The van der Waals surface area contributed by atoms with Crippen LogP contribution in [0.4, 0.5) is 10.8 Å². The Kier molecular flexibility index (Phi) is 4.43. The third-order valence-electron chi connectivity index (χ3n) is 3.44. The van der Waals surface area contributed by atoms with Crippen LogP contribution in [-0.4, -0.2) is 22.8 Å². The molecule has 1 atom stereocenters. The molecule has 2 aromatic carbocycles. The van der Waals surface area contributed by atoms with E-state index in [2.05, 4.69) is 15.6 Å². The van der Waals surface area contributed by atoms with Crippen LogP contribution >= 0.6 is 11.3 Å². The van der Waals surface area contributed by atoms with Crippen molar-refractivity contribution in [2.24, 2.45) is 5.73 Å². The Balaban J connectivity index is 1.68. The number of thiazole rings is 1. The van der Waals surface area contributed by atoms with E-state index in [-0.39, 0.29) is 5.91 Å². The van der Waals surface area contributed by atoms with Gasteiger partial charge in [0.05, 0.1) is 10.2 Å². The summed E-state index contributed by atoms with van der Waals surface area (Å²) in [6, 6.07) is 13.8. The number of aromatic nitrogens is 1. The van der Waals surface area contributed by atoms with Gasteiger partial charge in [-0.3, -0.25) is 9.59 Å². The van der Waals surface area contributed by atoms with Gasteiger partial charge in [0.15, 0.2) is 5.13 Å². The molecule has 3 aromatic rings. The van der Waals surface area contributed by atoms with Crippen molar-refractivity contribution in [2.75, 3.05) is 10.6 Å². The molecular weight excluding hydrogens is 324 g/mol. The highest BCUT2D eigenvalue weighted by atomic mass is 32.1. The summed E-state index contributed by atoms with van der Waals surface area (Å²) in [5.41, 5.74) is 7.01. The second kappa shape index (κ2) is 6.67. The van der Waals surface area contributed by atoms with Crippen LogP contribution in [0.5, 0.6) is 0 Å². The van der Waals surface area contributed by atoms with Crippen molar-refractivity contribution in [2.45, 2.75) is 13.0 Å². The summed E-state index contributed by atoms with van der Waals surface area (Å²) in [6.45, 7) is 1.75. The zero-order chi connectivity index (χ0) is 17.1. The predicted molar refractivity (Wildman–Crippen MR) is 96.3 cm³/mol. The van der Waals surface area contributed by atoms with Gasteiger partial charge in [0.2, 0.25) is 11.8 Å². The van der Waals surface area contributed by atoms with Gasteiger partial charge >= 0.3 is 0 Å². The Morgan fingerprint density at radius 3 is 2.71 bits per heavy atom. The quantitative estimate of drug-likeness (QED) is 0.665. The van der Waals surface area contributed by atoms with E-state index in [0.29, 0.717) is 16.4 Å². The average molecular weight is 340 g/mol. The van der Waals surface area contributed by atoms with Crippen molar-refractivity contribution in [3.05, 3.63) is 54.1 Å². The van der Waals surface area contributed by atoms with Crippen molar-refractivity contribution in [3.63, 3.8) is 0 Å². The van der Waals surface area contributed by atoms with Crippen LogP contribution in [-0.2, 0) is 4.79 Å². The van der Waals surface area contributed by atoms with Crippen molar-refractivity contribution < 1.29 is 9.59 Å². The number of carbonyl (C=O) groups is 2. The molecule has 4 N–H and O–H groups in total. The van der Waals surface area contributed by atoms with Gasteiger partial charge < -0.3 is 16.4 Å². The first-order valence-corrected chi connectivity index (χ1v) is 8.17. The van der Waals surface area contributed by atoms with Gasteiger partial charge in [-0.05, 0) is 37.3 Å². The second-order valence-electron chi connectivity index (χ2n) is 5.29. The number of para-hydroxylation sites is 1. The standard InChI is InChI=1S/C17H16N4O2S/c1-10(19-17-21-13-7-2-3-8-14(13)24-17)16(23)20-12-6-4-5-11(9-12)15(18)22/h2-10H,1H3,(H2,18,22)(H,19,21)(H,20,23). The molecule has 0 aliphatic rings. The third kappa shape index (κ3) is 3.52. The van der Waals surface area contributed by atoms with E-state index in [1.807, 2.05) is 24.3 Å². The summed E-state index contributed by atoms with van der Waals surface area (Å²) < 4.78 is 1.06. The molecule has 0 fully saturated rings. The summed E-state index contributed by atoms with van der Waals surface area (Å²) in [7, 11) is 0. The Labute approximate surface area is 142 Å². The number of amides is 2. The maximum absolute atomic E-state index is 12.3. The number of hydrogen-bond donors (Lipinski definition) is 3. The van der Waals surface area contributed by atoms with E-state index in [1.54, 1.807) is 31.2 Å². The summed E-state index contributed by atoms with van der Waals surface area (Å²) in [6.07, 6.45) is 0. The molecule has 1 heterocycles. The maximum Gasteiger partial charge on any atom is 0.248 e. The predicted octanol–water partition coefficient (Wildman–Crippen LogP) is 2.83. The molecule has 0 spiro atoms. The third-order valence-corrected chi connectivity index (χ3v) is 4.41. The van der Waals surface area contributed by atoms with E-state index in [9.17, 15) is 9.59 Å². The molecule has 1 aromatic heterocycles. The lowest BCUT2D eigenvalue weighted by molar-refractivity contribution is -0.116. The van der Waals surface area contributed by atoms with E-state index < -0.39 is 11.9 Å². The lowest BCUT2D eigenvalue weighted by Crippen LogP contribution is -2.31. The molecule has 1 unspecified atom stereocenters. The maximum atomic E-state index is 12.3. The average Bonchev–Trinajstić information content (AvgIpc) is 2.97. The van der Waals surface area contributed by atoms with Crippen LogP contribution in [0.3, 0.4) is 0 Å². The number of fused-ring (bicyclic) bond motifs is 1.